The maximum absolute atomic E-state index is 5.63. The first-order valence-electron chi connectivity index (χ1n) is 7.14. The Kier molecular flexibility index (Phi) is 8.53. The molecule has 0 fully saturated rings. The second-order valence-electron chi connectivity index (χ2n) is 5.02. The van der Waals surface area contributed by atoms with Gasteiger partial charge < -0.3 is 10.1 Å². The van der Waals surface area contributed by atoms with Crippen molar-refractivity contribution < 1.29 is 4.74 Å². The summed E-state index contributed by atoms with van der Waals surface area (Å²) in [5.74, 6) is 0. The van der Waals surface area contributed by atoms with Gasteiger partial charge in [-0.2, -0.15) is 0 Å². The fourth-order valence-corrected chi connectivity index (χ4v) is 1.84. The summed E-state index contributed by atoms with van der Waals surface area (Å²) in [6.07, 6.45) is 4.60. The molecule has 0 atom stereocenters. The van der Waals surface area contributed by atoms with Crippen LogP contribution in [0.4, 0.5) is 0 Å². The van der Waals surface area contributed by atoms with Gasteiger partial charge in [0, 0.05) is 19.3 Å². The zero-order valence-corrected chi connectivity index (χ0v) is 11.8. The maximum atomic E-state index is 5.63. The van der Waals surface area contributed by atoms with Crippen LogP contribution in [0, 0.1) is 0 Å². The molecule has 0 unspecified atom stereocenters. The van der Waals surface area contributed by atoms with Crippen LogP contribution in [0.15, 0.2) is 30.3 Å². The van der Waals surface area contributed by atoms with E-state index in [4.69, 9.17) is 4.74 Å². The highest BCUT2D eigenvalue weighted by Gasteiger charge is 1.94. The molecule has 0 aromatic heterocycles. The summed E-state index contributed by atoms with van der Waals surface area (Å²) in [4.78, 5) is 0. The number of unbranched alkanes of at least 4 members (excludes halogenated alkanes) is 1. The van der Waals surface area contributed by atoms with Crippen molar-refractivity contribution in [2.45, 2.75) is 45.6 Å². The summed E-state index contributed by atoms with van der Waals surface area (Å²) >= 11 is 0. The molecule has 0 amide bonds. The second kappa shape index (κ2) is 10.1. The fourth-order valence-electron chi connectivity index (χ4n) is 1.84. The largest absolute Gasteiger partial charge is 0.381 e. The van der Waals surface area contributed by atoms with Gasteiger partial charge in [0.2, 0.25) is 0 Å². The Morgan fingerprint density at radius 3 is 2.44 bits per heavy atom. The quantitative estimate of drug-likeness (QED) is 0.642. The zero-order chi connectivity index (χ0) is 13.1. The van der Waals surface area contributed by atoms with Gasteiger partial charge in [0.1, 0.15) is 0 Å². The van der Waals surface area contributed by atoms with Crippen molar-refractivity contribution in [3.05, 3.63) is 35.9 Å². The van der Waals surface area contributed by atoms with Gasteiger partial charge in [0.15, 0.2) is 0 Å². The number of nitrogens with one attached hydrogen (secondary N) is 1. The Hall–Kier alpha value is -0.860. The van der Waals surface area contributed by atoms with Crippen LogP contribution >= 0.6 is 0 Å². The van der Waals surface area contributed by atoms with E-state index >= 15 is 0 Å². The van der Waals surface area contributed by atoms with Crippen molar-refractivity contribution in [3.63, 3.8) is 0 Å². The molecule has 0 heterocycles. The number of hydrogen-bond acceptors (Lipinski definition) is 2. The van der Waals surface area contributed by atoms with Gasteiger partial charge >= 0.3 is 0 Å². The smallest absolute Gasteiger partial charge is 0.0469 e. The Morgan fingerprint density at radius 2 is 1.72 bits per heavy atom. The molecular weight excluding hydrogens is 222 g/mol. The number of hydrogen-bond donors (Lipinski definition) is 1. The first-order chi connectivity index (χ1) is 8.79. The number of rotatable bonds is 10. The van der Waals surface area contributed by atoms with Crippen molar-refractivity contribution in [1.29, 1.82) is 0 Å². The topological polar surface area (TPSA) is 21.3 Å². The molecule has 0 bridgehead atoms. The first kappa shape index (κ1) is 15.2. The van der Waals surface area contributed by atoms with Gasteiger partial charge in [-0.1, -0.05) is 44.2 Å². The van der Waals surface area contributed by atoms with Crippen molar-refractivity contribution >= 4 is 0 Å². The highest BCUT2D eigenvalue weighted by molar-refractivity contribution is 5.14. The van der Waals surface area contributed by atoms with Gasteiger partial charge in [-0.3, -0.25) is 0 Å². The molecule has 1 aromatic rings. The molecule has 1 aromatic carbocycles. The molecule has 0 aliphatic rings. The lowest BCUT2D eigenvalue weighted by atomic mass is 10.1. The van der Waals surface area contributed by atoms with Gasteiger partial charge in [-0.05, 0) is 37.8 Å². The predicted octanol–water partition coefficient (Wildman–Crippen LogP) is 3.41. The molecule has 0 saturated heterocycles. The average molecular weight is 249 g/mol. The second-order valence-corrected chi connectivity index (χ2v) is 5.02. The van der Waals surface area contributed by atoms with E-state index in [0.717, 1.165) is 39.0 Å². The van der Waals surface area contributed by atoms with E-state index in [1.165, 1.54) is 12.0 Å². The van der Waals surface area contributed by atoms with Crippen LogP contribution in [0.5, 0.6) is 0 Å². The Balaban J connectivity index is 1.84. The summed E-state index contributed by atoms with van der Waals surface area (Å²) < 4.78 is 5.63. The minimum atomic E-state index is 0.594. The minimum Gasteiger partial charge on any atom is -0.381 e. The highest BCUT2D eigenvalue weighted by atomic mass is 16.5. The minimum absolute atomic E-state index is 0.594. The molecule has 0 aliphatic heterocycles. The molecule has 2 nitrogen and oxygen atoms in total. The average Bonchev–Trinajstić information content (AvgIpc) is 2.37. The number of aryl methyl sites for hydroxylation is 1. The third kappa shape index (κ3) is 8.26. The van der Waals surface area contributed by atoms with Crippen LogP contribution in [-0.4, -0.2) is 25.8 Å². The fraction of sp³-hybridized carbons (Fsp3) is 0.625. The monoisotopic (exact) mass is 249 g/mol. The Labute approximate surface area is 112 Å². The highest BCUT2D eigenvalue weighted by Crippen LogP contribution is 2.02. The van der Waals surface area contributed by atoms with Gasteiger partial charge in [0.05, 0.1) is 0 Å². The predicted molar refractivity (Wildman–Crippen MR) is 78.0 cm³/mol. The molecule has 2 heteroatoms. The third-order valence-corrected chi connectivity index (χ3v) is 2.86. The van der Waals surface area contributed by atoms with Crippen LogP contribution in [0.1, 0.15) is 38.7 Å². The normalized spacial score (nSPS) is 11.1. The summed E-state index contributed by atoms with van der Waals surface area (Å²) in [5, 5.41) is 3.41. The molecule has 1 N–H and O–H groups in total. The molecule has 1 rings (SSSR count). The van der Waals surface area contributed by atoms with Crippen LogP contribution in [0.2, 0.25) is 0 Å². The molecule has 0 saturated carbocycles. The van der Waals surface area contributed by atoms with Crippen molar-refractivity contribution in [1.82, 2.24) is 5.32 Å². The van der Waals surface area contributed by atoms with Crippen LogP contribution in [0.3, 0.4) is 0 Å². The molecule has 18 heavy (non-hydrogen) atoms. The van der Waals surface area contributed by atoms with Crippen LogP contribution in [-0.2, 0) is 11.2 Å². The zero-order valence-electron chi connectivity index (χ0n) is 11.8. The van der Waals surface area contributed by atoms with E-state index in [-0.39, 0.29) is 0 Å². The SMILES string of the molecule is CC(C)NCCCCOCCCc1ccccc1. The van der Waals surface area contributed by atoms with Crippen molar-refractivity contribution in [2.24, 2.45) is 0 Å². The van der Waals surface area contributed by atoms with Gasteiger partial charge in [-0.15, -0.1) is 0 Å². The Morgan fingerprint density at radius 1 is 1.00 bits per heavy atom. The van der Waals surface area contributed by atoms with E-state index in [0.29, 0.717) is 6.04 Å². The van der Waals surface area contributed by atoms with Gasteiger partial charge in [0.25, 0.3) is 0 Å². The molecular formula is C16H27NO. The molecule has 102 valence electrons. The lowest BCUT2D eigenvalue weighted by Gasteiger charge is -2.08. The summed E-state index contributed by atoms with van der Waals surface area (Å²) in [7, 11) is 0. The van der Waals surface area contributed by atoms with E-state index in [1.807, 2.05) is 0 Å². The lowest BCUT2D eigenvalue weighted by Crippen LogP contribution is -2.23. The molecule has 0 radical (unpaired) electrons. The van der Waals surface area contributed by atoms with E-state index in [1.54, 1.807) is 0 Å². The number of benzene rings is 1. The molecule has 0 aliphatic carbocycles. The summed E-state index contributed by atoms with van der Waals surface area (Å²) in [6.45, 7) is 7.24. The lowest BCUT2D eigenvalue weighted by molar-refractivity contribution is 0.128. The van der Waals surface area contributed by atoms with Crippen LogP contribution in [0.25, 0.3) is 0 Å². The van der Waals surface area contributed by atoms with Crippen LogP contribution < -0.4 is 5.32 Å². The third-order valence-electron chi connectivity index (χ3n) is 2.86. The summed E-state index contributed by atoms with van der Waals surface area (Å²) in [6, 6.07) is 11.2. The molecule has 0 spiro atoms. The maximum Gasteiger partial charge on any atom is 0.0469 e. The standard InChI is InChI=1S/C16H27NO/c1-15(2)17-12-6-7-13-18-14-8-11-16-9-4-3-5-10-16/h3-5,9-10,15,17H,6-8,11-14H2,1-2H3. The van der Waals surface area contributed by atoms with E-state index < -0.39 is 0 Å². The van der Waals surface area contributed by atoms with E-state index in [9.17, 15) is 0 Å². The number of ether oxygens (including phenoxy) is 1. The summed E-state index contributed by atoms with van der Waals surface area (Å²) in [5.41, 5.74) is 1.40. The Bertz CT molecular complexity index is 284. The van der Waals surface area contributed by atoms with E-state index in [2.05, 4.69) is 49.5 Å². The van der Waals surface area contributed by atoms with Crippen molar-refractivity contribution in [3.8, 4) is 0 Å². The van der Waals surface area contributed by atoms with Crippen molar-refractivity contribution in [2.75, 3.05) is 19.8 Å². The first-order valence-corrected chi connectivity index (χ1v) is 7.14. The van der Waals surface area contributed by atoms with Gasteiger partial charge in [-0.25, -0.2) is 0 Å².